The summed E-state index contributed by atoms with van der Waals surface area (Å²) in [4.78, 5) is 2.62. The number of anilines is 1. The largest absolute Gasteiger partial charge is 0.494 e. The third-order valence-electron chi connectivity index (χ3n) is 7.25. The van der Waals surface area contributed by atoms with E-state index in [1.807, 2.05) is 18.2 Å². The number of thiophene rings is 1. The summed E-state index contributed by atoms with van der Waals surface area (Å²) < 4.78 is 79.9. The number of methoxy groups -OCH3 is 1. The third-order valence-corrected chi connectivity index (χ3v) is 8.50. The standard InChI is InChI=1S/C30H27F5N4O2S/c1-40-26-12-20(4-7-25(26)37-19-15-39(16-19)10-2-9-31)41-27-22-6-8-24-23(14-36-38-24)28(22)42-29(27)21-5-3-18(32)11-17(21)13-30(33,34)35/h3-8,11-12,14,19,37H,2,9-10,13,15-16H2,1H3,(H,36,38). The number of likely N-dealkylation sites (tertiary alicyclic amines) is 1. The second-order valence-electron chi connectivity index (χ2n) is 10.2. The van der Waals surface area contributed by atoms with Crippen LogP contribution in [0.3, 0.4) is 0 Å². The highest BCUT2D eigenvalue weighted by Gasteiger charge is 2.31. The van der Waals surface area contributed by atoms with Gasteiger partial charge in [-0.3, -0.25) is 14.4 Å². The van der Waals surface area contributed by atoms with E-state index in [4.69, 9.17) is 9.47 Å². The lowest BCUT2D eigenvalue weighted by molar-refractivity contribution is -0.127. The monoisotopic (exact) mass is 602 g/mol. The van der Waals surface area contributed by atoms with Gasteiger partial charge in [-0.1, -0.05) is 6.07 Å². The molecular weight excluding hydrogens is 575 g/mol. The van der Waals surface area contributed by atoms with E-state index in [-0.39, 0.29) is 23.8 Å². The smallest absolute Gasteiger partial charge is 0.393 e. The first-order valence-electron chi connectivity index (χ1n) is 13.4. The maximum Gasteiger partial charge on any atom is 0.393 e. The maximum atomic E-state index is 14.1. The van der Waals surface area contributed by atoms with Crippen molar-refractivity contribution in [2.75, 3.05) is 38.7 Å². The number of nitrogens with zero attached hydrogens (tertiary/aromatic N) is 2. The number of ether oxygens (including phenoxy) is 2. The molecule has 2 N–H and O–H groups in total. The zero-order chi connectivity index (χ0) is 29.4. The van der Waals surface area contributed by atoms with E-state index in [9.17, 15) is 22.0 Å². The van der Waals surface area contributed by atoms with Crippen LogP contribution in [0.2, 0.25) is 0 Å². The second kappa shape index (κ2) is 11.4. The lowest BCUT2D eigenvalue weighted by Gasteiger charge is -2.40. The summed E-state index contributed by atoms with van der Waals surface area (Å²) in [6, 6.07) is 12.6. The summed E-state index contributed by atoms with van der Waals surface area (Å²) in [6.07, 6.45) is -3.64. The van der Waals surface area contributed by atoms with Gasteiger partial charge in [-0.15, -0.1) is 11.3 Å². The molecule has 1 fully saturated rings. The summed E-state index contributed by atoms with van der Waals surface area (Å²) in [6.45, 7) is 1.99. The number of aromatic amines is 1. The Morgan fingerprint density at radius 2 is 1.93 bits per heavy atom. The molecule has 0 bridgehead atoms. The molecule has 12 heteroatoms. The molecule has 0 saturated carbocycles. The molecular formula is C30H27F5N4O2S. The molecule has 1 saturated heterocycles. The molecule has 0 amide bonds. The predicted octanol–water partition coefficient (Wildman–Crippen LogP) is 7.95. The van der Waals surface area contributed by atoms with E-state index in [1.165, 1.54) is 17.4 Å². The average molecular weight is 603 g/mol. The van der Waals surface area contributed by atoms with Gasteiger partial charge in [0.1, 0.15) is 17.3 Å². The van der Waals surface area contributed by atoms with Crippen molar-refractivity contribution in [3.8, 4) is 27.7 Å². The molecule has 5 aromatic rings. The van der Waals surface area contributed by atoms with Gasteiger partial charge in [-0.05, 0) is 53.9 Å². The fraction of sp³-hybridized carbons (Fsp3) is 0.300. The maximum absolute atomic E-state index is 14.1. The molecule has 42 heavy (non-hydrogen) atoms. The second-order valence-corrected chi connectivity index (χ2v) is 11.3. The lowest BCUT2D eigenvalue weighted by atomic mass is 10.0. The Hall–Kier alpha value is -3.90. The average Bonchev–Trinajstić information content (AvgIpc) is 3.54. The molecule has 6 rings (SSSR count). The number of hydrogen-bond acceptors (Lipinski definition) is 6. The van der Waals surface area contributed by atoms with Gasteiger partial charge in [-0.25, -0.2) is 4.39 Å². The Balaban J connectivity index is 1.37. The predicted molar refractivity (Wildman–Crippen MR) is 154 cm³/mol. The van der Waals surface area contributed by atoms with Gasteiger partial charge in [0.25, 0.3) is 0 Å². The molecule has 220 valence electrons. The van der Waals surface area contributed by atoms with Crippen molar-refractivity contribution in [1.29, 1.82) is 0 Å². The summed E-state index contributed by atoms with van der Waals surface area (Å²) in [7, 11) is 1.54. The number of nitrogens with one attached hydrogen (secondary N) is 2. The van der Waals surface area contributed by atoms with Crippen LogP contribution in [0.15, 0.2) is 54.7 Å². The van der Waals surface area contributed by atoms with E-state index in [0.29, 0.717) is 33.9 Å². The molecule has 0 aliphatic carbocycles. The van der Waals surface area contributed by atoms with Crippen LogP contribution in [0.1, 0.15) is 12.0 Å². The van der Waals surface area contributed by atoms with Crippen molar-refractivity contribution in [2.45, 2.75) is 25.1 Å². The van der Waals surface area contributed by atoms with Gasteiger partial charge in [0.15, 0.2) is 5.75 Å². The van der Waals surface area contributed by atoms with Crippen LogP contribution in [0.4, 0.5) is 27.6 Å². The first-order valence-corrected chi connectivity index (χ1v) is 14.2. The van der Waals surface area contributed by atoms with Crippen molar-refractivity contribution >= 4 is 38.0 Å². The van der Waals surface area contributed by atoms with Gasteiger partial charge in [0.05, 0.1) is 48.5 Å². The van der Waals surface area contributed by atoms with E-state index in [0.717, 1.165) is 53.1 Å². The van der Waals surface area contributed by atoms with Crippen molar-refractivity contribution in [3.63, 3.8) is 0 Å². The number of benzene rings is 3. The molecule has 3 heterocycles. The van der Waals surface area contributed by atoms with Crippen molar-refractivity contribution in [3.05, 3.63) is 66.1 Å². The molecule has 3 aromatic carbocycles. The van der Waals surface area contributed by atoms with Gasteiger partial charge >= 0.3 is 6.18 Å². The minimum Gasteiger partial charge on any atom is -0.494 e. The number of aromatic nitrogens is 2. The van der Waals surface area contributed by atoms with Crippen LogP contribution in [0.25, 0.3) is 31.4 Å². The first kappa shape index (κ1) is 28.2. The van der Waals surface area contributed by atoms with Crippen LogP contribution < -0.4 is 14.8 Å². The van der Waals surface area contributed by atoms with Crippen LogP contribution in [-0.2, 0) is 6.42 Å². The van der Waals surface area contributed by atoms with Crippen molar-refractivity contribution in [1.82, 2.24) is 15.1 Å². The topological polar surface area (TPSA) is 62.4 Å². The fourth-order valence-corrected chi connectivity index (χ4v) is 6.60. The van der Waals surface area contributed by atoms with E-state index < -0.39 is 18.4 Å². The molecule has 6 nitrogen and oxygen atoms in total. The number of alkyl halides is 4. The Kier molecular flexibility index (Phi) is 7.67. The van der Waals surface area contributed by atoms with Crippen LogP contribution in [0.5, 0.6) is 17.2 Å². The number of hydrogen-bond donors (Lipinski definition) is 2. The molecule has 0 atom stereocenters. The highest BCUT2D eigenvalue weighted by Crippen LogP contribution is 2.50. The lowest BCUT2D eigenvalue weighted by Crippen LogP contribution is -2.54. The minimum absolute atomic E-state index is 0.180. The number of halogens is 5. The summed E-state index contributed by atoms with van der Waals surface area (Å²) >= 11 is 1.27. The van der Waals surface area contributed by atoms with Gasteiger partial charge in [-0.2, -0.15) is 18.3 Å². The van der Waals surface area contributed by atoms with Gasteiger partial charge in [0.2, 0.25) is 0 Å². The van der Waals surface area contributed by atoms with E-state index in [2.05, 4.69) is 20.4 Å². The normalized spacial score (nSPS) is 14.4. The highest BCUT2D eigenvalue weighted by atomic mass is 32.1. The highest BCUT2D eigenvalue weighted by molar-refractivity contribution is 7.23. The first-order chi connectivity index (χ1) is 20.2. The van der Waals surface area contributed by atoms with Crippen LogP contribution in [-0.4, -0.2) is 60.7 Å². The molecule has 1 aliphatic heterocycles. The number of H-pyrrole nitrogens is 1. The minimum atomic E-state index is -4.53. The molecule has 0 spiro atoms. The van der Waals surface area contributed by atoms with Gasteiger partial charge < -0.3 is 14.8 Å². The third kappa shape index (κ3) is 5.73. The van der Waals surface area contributed by atoms with E-state index in [1.54, 1.807) is 25.4 Å². The summed E-state index contributed by atoms with van der Waals surface area (Å²) in [5.41, 5.74) is 1.60. The fourth-order valence-electron chi connectivity index (χ4n) is 5.29. The molecule has 0 unspecified atom stereocenters. The van der Waals surface area contributed by atoms with Crippen LogP contribution in [0, 0.1) is 5.82 Å². The zero-order valence-corrected chi connectivity index (χ0v) is 23.3. The molecule has 1 aliphatic rings. The number of rotatable bonds is 10. The zero-order valence-electron chi connectivity index (χ0n) is 22.5. The summed E-state index contributed by atoms with van der Waals surface area (Å²) in [5, 5.41) is 12.0. The number of fused-ring (bicyclic) bond motifs is 3. The Morgan fingerprint density at radius 1 is 1.10 bits per heavy atom. The Bertz CT molecular complexity index is 1730. The Labute approximate surface area is 242 Å². The molecule has 2 aromatic heterocycles. The quantitative estimate of drug-likeness (QED) is 0.159. The van der Waals surface area contributed by atoms with Crippen molar-refractivity contribution in [2.24, 2.45) is 0 Å². The SMILES string of the molecule is COc1cc(Oc2c(-c3ccc(F)cc3CC(F)(F)F)sc3c2ccc2[nH]ncc23)ccc1NC1CN(CCCF)C1. The summed E-state index contributed by atoms with van der Waals surface area (Å²) in [5.74, 6) is 0.567. The Morgan fingerprint density at radius 3 is 2.69 bits per heavy atom. The van der Waals surface area contributed by atoms with Crippen molar-refractivity contribution < 1.29 is 31.4 Å². The van der Waals surface area contributed by atoms with E-state index >= 15 is 0 Å². The van der Waals surface area contributed by atoms with Gasteiger partial charge in [0, 0.05) is 41.2 Å². The molecule has 0 radical (unpaired) electrons. The van der Waals surface area contributed by atoms with Crippen LogP contribution >= 0.6 is 11.3 Å².